The van der Waals surface area contributed by atoms with Crippen LogP contribution in [0.5, 0.6) is 0 Å². The largest absolute Gasteiger partial charge is 0.348 e. The van der Waals surface area contributed by atoms with Gasteiger partial charge in [0.2, 0.25) is 0 Å². The summed E-state index contributed by atoms with van der Waals surface area (Å²) in [5.74, 6) is 0.501. The van der Waals surface area contributed by atoms with E-state index in [1.807, 2.05) is 6.33 Å². The first kappa shape index (κ1) is 8.72. The summed E-state index contributed by atoms with van der Waals surface area (Å²) in [6, 6.07) is 10.7. The molecule has 0 spiro atoms. The molecule has 2 nitrogen and oxygen atoms in total. The van der Waals surface area contributed by atoms with Crippen LogP contribution in [0.2, 0.25) is 0 Å². The molecule has 1 aliphatic carbocycles. The number of hydrogen-bond acceptors (Lipinski definition) is 1. The highest BCUT2D eigenvalue weighted by Gasteiger charge is 2.23. The van der Waals surface area contributed by atoms with Crippen LogP contribution in [0, 0.1) is 0 Å². The van der Waals surface area contributed by atoms with Crippen LogP contribution in [0.15, 0.2) is 36.7 Å². The van der Waals surface area contributed by atoms with E-state index >= 15 is 0 Å². The minimum atomic E-state index is 0.501. The number of nitrogens with one attached hydrogen (secondary N) is 1. The van der Waals surface area contributed by atoms with Gasteiger partial charge in [0, 0.05) is 11.6 Å². The lowest BCUT2D eigenvalue weighted by atomic mass is 9.85. The van der Waals surface area contributed by atoms with E-state index in [1.165, 1.54) is 29.8 Å². The molecular weight excluding hydrogens is 184 g/mol. The van der Waals surface area contributed by atoms with Gasteiger partial charge in [-0.2, -0.15) is 0 Å². The van der Waals surface area contributed by atoms with Crippen molar-refractivity contribution in [3.8, 4) is 0 Å². The molecule has 1 aromatic carbocycles. The van der Waals surface area contributed by atoms with Gasteiger partial charge in [0.1, 0.15) is 0 Å². The van der Waals surface area contributed by atoms with Crippen molar-refractivity contribution in [2.75, 3.05) is 0 Å². The summed E-state index contributed by atoms with van der Waals surface area (Å²) in [4.78, 5) is 7.71. The lowest BCUT2D eigenvalue weighted by Crippen LogP contribution is -2.10. The predicted molar refractivity (Wildman–Crippen MR) is 59.8 cm³/mol. The van der Waals surface area contributed by atoms with Crippen molar-refractivity contribution in [1.29, 1.82) is 0 Å². The van der Waals surface area contributed by atoms with Crippen LogP contribution in [-0.2, 0) is 6.42 Å². The molecule has 0 aliphatic heterocycles. The molecule has 2 aromatic rings. The number of rotatable bonds is 1. The van der Waals surface area contributed by atoms with Crippen LogP contribution < -0.4 is 0 Å². The maximum absolute atomic E-state index is 4.46. The third-order valence-electron chi connectivity index (χ3n) is 3.20. The number of aromatic amines is 1. The molecule has 1 aliphatic rings. The summed E-state index contributed by atoms with van der Waals surface area (Å²) in [6.45, 7) is 0. The second kappa shape index (κ2) is 3.54. The van der Waals surface area contributed by atoms with Gasteiger partial charge in [0.05, 0.1) is 12.0 Å². The van der Waals surface area contributed by atoms with Gasteiger partial charge in [-0.25, -0.2) is 4.98 Å². The van der Waals surface area contributed by atoms with Crippen molar-refractivity contribution in [3.05, 3.63) is 53.6 Å². The first-order valence-corrected chi connectivity index (χ1v) is 5.52. The SMILES string of the molecule is c1ccc(C2CCCc3[nH]cnc32)cc1. The number of aryl methyl sites for hydroxylation is 1. The molecule has 76 valence electrons. The first-order valence-electron chi connectivity index (χ1n) is 5.52. The fourth-order valence-corrected chi connectivity index (χ4v) is 2.46. The van der Waals surface area contributed by atoms with Gasteiger partial charge < -0.3 is 4.98 Å². The number of fused-ring (bicyclic) bond motifs is 1. The molecule has 1 aromatic heterocycles. The maximum atomic E-state index is 4.46. The second-order valence-corrected chi connectivity index (χ2v) is 4.12. The van der Waals surface area contributed by atoms with E-state index in [0.717, 1.165) is 6.42 Å². The predicted octanol–water partition coefficient (Wildman–Crippen LogP) is 2.88. The average molecular weight is 198 g/mol. The summed E-state index contributed by atoms with van der Waals surface area (Å²) < 4.78 is 0. The number of nitrogens with zero attached hydrogens (tertiary/aromatic N) is 1. The molecule has 1 N–H and O–H groups in total. The number of imidazole rings is 1. The molecule has 0 radical (unpaired) electrons. The van der Waals surface area contributed by atoms with Crippen molar-refractivity contribution in [3.63, 3.8) is 0 Å². The number of benzene rings is 1. The lowest BCUT2D eigenvalue weighted by Gasteiger charge is -2.21. The van der Waals surface area contributed by atoms with Gasteiger partial charge in [0.25, 0.3) is 0 Å². The molecule has 0 saturated carbocycles. The monoisotopic (exact) mass is 198 g/mol. The van der Waals surface area contributed by atoms with Crippen LogP contribution in [-0.4, -0.2) is 9.97 Å². The molecule has 0 saturated heterocycles. The Balaban J connectivity index is 2.03. The molecule has 0 bridgehead atoms. The average Bonchev–Trinajstić information content (AvgIpc) is 2.78. The normalized spacial score (nSPS) is 19.9. The molecule has 0 amide bonds. The first-order chi connectivity index (χ1) is 7.45. The minimum Gasteiger partial charge on any atom is -0.348 e. The van der Waals surface area contributed by atoms with Crippen LogP contribution >= 0.6 is 0 Å². The third-order valence-corrected chi connectivity index (χ3v) is 3.20. The minimum absolute atomic E-state index is 0.501. The van der Waals surface area contributed by atoms with Crippen LogP contribution in [0.25, 0.3) is 0 Å². The maximum Gasteiger partial charge on any atom is 0.0925 e. The Morgan fingerprint density at radius 3 is 2.93 bits per heavy atom. The van der Waals surface area contributed by atoms with Gasteiger partial charge in [-0.15, -0.1) is 0 Å². The van der Waals surface area contributed by atoms with Crippen molar-refractivity contribution < 1.29 is 0 Å². The Bertz CT molecular complexity index is 445. The Hall–Kier alpha value is -1.57. The summed E-state index contributed by atoms with van der Waals surface area (Å²) in [5, 5.41) is 0. The standard InChI is InChI=1S/C13H14N2/c1-2-5-10(6-3-1)11-7-4-8-12-13(11)15-9-14-12/h1-3,5-6,9,11H,4,7-8H2,(H,14,15). The Labute approximate surface area is 89.4 Å². The highest BCUT2D eigenvalue weighted by molar-refractivity contribution is 5.32. The van der Waals surface area contributed by atoms with E-state index in [-0.39, 0.29) is 0 Å². The summed E-state index contributed by atoms with van der Waals surface area (Å²) in [7, 11) is 0. The smallest absolute Gasteiger partial charge is 0.0925 e. The van der Waals surface area contributed by atoms with Gasteiger partial charge in [-0.3, -0.25) is 0 Å². The van der Waals surface area contributed by atoms with E-state index in [4.69, 9.17) is 0 Å². The molecule has 1 unspecified atom stereocenters. The Morgan fingerprint density at radius 2 is 2.07 bits per heavy atom. The van der Waals surface area contributed by atoms with Crippen molar-refractivity contribution in [2.24, 2.45) is 0 Å². The molecule has 1 atom stereocenters. The zero-order chi connectivity index (χ0) is 10.1. The summed E-state index contributed by atoms with van der Waals surface area (Å²) in [6.07, 6.45) is 5.46. The zero-order valence-corrected chi connectivity index (χ0v) is 8.61. The van der Waals surface area contributed by atoms with Gasteiger partial charge >= 0.3 is 0 Å². The summed E-state index contributed by atoms with van der Waals surface area (Å²) in [5.41, 5.74) is 3.98. The van der Waals surface area contributed by atoms with Gasteiger partial charge in [-0.1, -0.05) is 30.3 Å². The van der Waals surface area contributed by atoms with Crippen LogP contribution in [0.4, 0.5) is 0 Å². The highest BCUT2D eigenvalue weighted by atomic mass is 14.9. The van der Waals surface area contributed by atoms with Crippen molar-refractivity contribution >= 4 is 0 Å². The van der Waals surface area contributed by atoms with E-state index in [9.17, 15) is 0 Å². The van der Waals surface area contributed by atoms with E-state index in [2.05, 4.69) is 40.3 Å². The molecule has 0 fully saturated rings. The van der Waals surface area contributed by atoms with Gasteiger partial charge in [0.15, 0.2) is 0 Å². The Kier molecular flexibility index (Phi) is 2.05. The number of aromatic nitrogens is 2. The van der Waals surface area contributed by atoms with Gasteiger partial charge in [-0.05, 0) is 24.8 Å². The lowest BCUT2D eigenvalue weighted by molar-refractivity contribution is 0.599. The van der Waals surface area contributed by atoms with E-state index in [0.29, 0.717) is 5.92 Å². The van der Waals surface area contributed by atoms with Crippen molar-refractivity contribution in [1.82, 2.24) is 9.97 Å². The second-order valence-electron chi connectivity index (χ2n) is 4.12. The molecule has 15 heavy (non-hydrogen) atoms. The quantitative estimate of drug-likeness (QED) is 0.750. The van der Waals surface area contributed by atoms with E-state index in [1.54, 1.807) is 0 Å². The fourth-order valence-electron chi connectivity index (χ4n) is 2.46. The van der Waals surface area contributed by atoms with E-state index < -0.39 is 0 Å². The highest BCUT2D eigenvalue weighted by Crippen LogP contribution is 2.34. The third kappa shape index (κ3) is 1.46. The molecule has 3 rings (SSSR count). The molecular formula is C13H14N2. The molecule has 2 heteroatoms. The van der Waals surface area contributed by atoms with Crippen molar-refractivity contribution in [2.45, 2.75) is 25.2 Å². The Morgan fingerprint density at radius 1 is 1.20 bits per heavy atom. The van der Waals surface area contributed by atoms with Crippen LogP contribution in [0.1, 0.15) is 35.7 Å². The molecule has 1 heterocycles. The fraction of sp³-hybridized carbons (Fsp3) is 0.308. The topological polar surface area (TPSA) is 28.7 Å². The summed E-state index contributed by atoms with van der Waals surface area (Å²) >= 11 is 0. The van der Waals surface area contributed by atoms with Crippen LogP contribution in [0.3, 0.4) is 0 Å². The number of hydrogen-bond donors (Lipinski definition) is 1. The number of H-pyrrole nitrogens is 1. The zero-order valence-electron chi connectivity index (χ0n) is 8.61.